The number of carbonyl (C=O) groups is 1. The van der Waals surface area contributed by atoms with Gasteiger partial charge in [0.2, 0.25) is 0 Å². The standard InChI is InChI=1S/C20H30O5/c1-2-3-8-14-18(22)19(23)15-10-7-5-4-6-9-12-17(21)13-11-16-20(24)25/h3-10,12,15,17-19,21-23H,2,11,13-14,16H2,1H3,(H,24,25)/b6-4+,7-5+,8-3+,12-9+,15-10+. The van der Waals surface area contributed by atoms with E-state index in [0.29, 0.717) is 19.3 Å². The minimum Gasteiger partial charge on any atom is -0.481 e. The molecule has 0 spiro atoms. The average Bonchev–Trinajstić information content (AvgIpc) is 2.56. The molecule has 0 aliphatic rings. The van der Waals surface area contributed by atoms with Crippen molar-refractivity contribution in [3.05, 3.63) is 60.8 Å². The van der Waals surface area contributed by atoms with Crippen molar-refractivity contribution in [2.24, 2.45) is 0 Å². The molecule has 0 aliphatic carbocycles. The minimum atomic E-state index is -0.906. The fourth-order valence-corrected chi connectivity index (χ4v) is 1.86. The molecule has 4 N–H and O–H groups in total. The Kier molecular flexibility index (Phi) is 14.4. The van der Waals surface area contributed by atoms with Crippen molar-refractivity contribution in [3.63, 3.8) is 0 Å². The highest BCUT2D eigenvalue weighted by atomic mass is 16.4. The Labute approximate surface area is 150 Å². The summed E-state index contributed by atoms with van der Waals surface area (Å²) < 4.78 is 0. The number of rotatable bonds is 13. The van der Waals surface area contributed by atoms with Crippen LogP contribution in [0.3, 0.4) is 0 Å². The number of carboxylic acids is 1. The van der Waals surface area contributed by atoms with E-state index in [1.54, 1.807) is 42.5 Å². The SMILES string of the molecule is CC/C=C/CC(O)C(O)/C=C/C=C/C=C/C=C/C(O)CCCC(=O)O. The normalized spacial score (nSPS) is 16.6. The summed E-state index contributed by atoms with van der Waals surface area (Å²) in [6.07, 6.45) is 17.1. The number of aliphatic hydroxyl groups excluding tert-OH is 3. The molecule has 0 aliphatic heterocycles. The van der Waals surface area contributed by atoms with Crippen molar-refractivity contribution in [3.8, 4) is 0 Å². The quantitative estimate of drug-likeness (QED) is 0.302. The number of aliphatic hydroxyl groups is 3. The Hall–Kier alpha value is -1.95. The first-order chi connectivity index (χ1) is 12.0. The van der Waals surface area contributed by atoms with E-state index in [1.807, 2.05) is 19.1 Å². The van der Waals surface area contributed by atoms with Crippen molar-refractivity contribution < 1.29 is 25.2 Å². The molecule has 0 fully saturated rings. The summed E-state index contributed by atoms with van der Waals surface area (Å²) in [6, 6.07) is 0. The molecule has 0 aromatic carbocycles. The van der Waals surface area contributed by atoms with Crippen molar-refractivity contribution in [1.29, 1.82) is 0 Å². The molecule has 3 unspecified atom stereocenters. The lowest BCUT2D eigenvalue weighted by atomic mass is 10.1. The second kappa shape index (κ2) is 15.6. The largest absolute Gasteiger partial charge is 0.481 e. The van der Waals surface area contributed by atoms with Crippen molar-refractivity contribution >= 4 is 5.97 Å². The maximum Gasteiger partial charge on any atom is 0.303 e. The smallest absolute Gasteiger partial charge is 0.303 e. The summed E-state index contributed by atoms with van der Waals surface area (Å²) in [4.78, 5) is 10.3. The highest BCUT2D eigenvalue weighted by Gasteiger charge is 2.10. The highest BCUT2D eigenvalue weighted by Crippen LogP contribution is 2.03. The third-order valence-electron chi connectivity index (χ3n) is 3.26. The van der Waals surface area contributed by atoms with Crippen LogP contribution < -0.4 is 0 Å². The Morgan fingerprint density at radius 3 is 2.12 bits per heavy atom. The Bertz CT molecular complexity index is 488. The van der Waals surface area contributed by atoms with E-state index < -0.39 is 24.3 Å². The van der Waals surface area contributed by atoms with Crippen LogP contribution in [0.5, 0.6) is 0 Å². The van der Waals surface area contributed by atoms with Gasteiger partial charge in [-0.1, -0.05) is 67.7 Å². The number of aliphatic carboxylic acids is 1. The van der Waals surface area contributed by atoms with Crippen LogP contribution in [0.1, 0.15) is 39.0 Å². The van der Waals surface area contributed by atoms with Crippen LogP contribution in [0.4, 0.5) is 0 Å². The van der Waals surface area contributed by atoms with Gasteiger partial charge in [-0.15, -0.1) is 0 Å². The summed E-state index contributed by atoms with van der Waals surface area (Å²) in [5, 5.41) is 37.5. The molecule has 0 amide bonds. The Morgan fingerprint density at radius 2 is 1.52 bits per heavy atom. The summed E-state index contributed by atoms with van der Waals surface area (Å²) in [5.41, 5.74) is 0. The van der Waals surface area contributed by atoms with E-state index in [-0.39, 0.29) is 6.42 Å². The van der Waals surface area contributed by atoms with Gasteiger partial charge in [-0.3, -0.25) is 4.79 Å². The molecule has 5 nitrogen and oxygen atoms in total. The fourth-order valence-electron chi connectivity index (χ4n) is 1.86. The van der Waals surface area contributed by atoms with Gasteiger partial charge in [0.05, 0.1) is 18.3 Å². The second-order valence-corrected chi connectivity index (χ2v) is 5.57. The molecule has 0 saturated heterocycles. The zero-order valence-corrected chi connectivity index (χ0v) is 14.7. The zero-order chi connectivity index (χ0) is 18.9. The molecule has 0 heterocycles. The molecule has 0 bridgehead atoms. The molecule has 0 aromatic heterocycles. The first-order valence-electron chi connectivity index (χ1n) is 8.56. The highest BCUT2D eigenvalue weighted by molar-refractivity contribution is 5.66. The Balaban J connectivity index is 4.01. The molecule has 3 atom stereocenters. The van der Waals surface area contributed by atoms with Gasteiger partial charge in [0.25, 0.3) is 0 Å². The van der Waals surface area contributed by atoms with Gasteiger partial charge in [-0.2, -0.15) is 0 Å². The molecule has 140 valence electrons. The maximum absolute atomic E-state index is 10.3. The summed E-state index contributed by atoms with van der Waals surface area (Å²) in [6.45, 7) is 2.01. The van der Waals surface area contributed by atoms with Gasteiger partial charge in [0, 0.05) is 6.42 Å². The van der Waals surface area contributed by atoms with E-state index in [0.717, 1.165) is 6.42 Å². The molecular weight excluding hydrogens is 320 g/mol. The molecule has 0 radical (unpaired) electrons. The van der Waals surface area contributed by atoms with E-state index in [4.69, 9.17) is 5.11 Å². The Morgan fingerprint density at radius 1 is 0.920 bits per heavy atom. The molecule has 0 saturated carbocycles. The van der Waals surface area contributed by atoms with Crippen LogP contribution in [-0.4, -0.2) is 44.7 Å². The third kappa shape index (κ3) is 15.3. The van der Waals surface area contributed by atoms with Crippen molar-refractivity contribution in [1.82, 2.24) is 0 Å². The van der Waals surface area contributed by atoms with Gasteiger partial charge < -0.3 is 20.4 Å². The predicted octanol–water partition coefficient (Wildman–Crippen LogP) is 2.91. The number of allylic oxidation sites excluding steroid dienone is 7. The average molecular weight is 350 g/mol. The molecular formula is C20H30O5. The predicted molar refractivity (Wildman–Crippen MR) is 100 cm³/mol. The van der Waals surface area contributed by atoms with Crippen LogP contribution in [-0.2, 0) is 4.79 Å². The lowest BCUT2D eigenvalue weighted by molar-refractivity contribution is -0.137. The minimum absolute atomic E-state index is 0.0608. The topological polar surface area (TPSA) is 98.0 Å². The van der Waals surface area contributed by atoms with E-state index in [2.05, 4.69) is 0 Å². The summed E-state index contributed by atoms with van der Waals surface area (Å²) >= 11 is 0. The number of carboxylic acid groups (broad SMARTS) is 1. The van der Waals surface area contributed by atoms with Crippen molar-refractivity contribution in [2.75, 3.05) is 0 Å². The third-order valence-corrected chi connectivity index (χ3v) is 3.26. The van der Waals surface area contributed by atoms with Gasteiger partial charge in [0.15, 0.2) is 0 Å². The molecule has 0 rings (SSSR count). The zero-order valence-electron chi connectivity index (χ0n) is 14.7. The number of hydrogen-bond acceptors (Lipinski definition) is 4. The van der Waals surface area contributed by atoms with Crippen LogP contribution in [0, 0.1) is 0 Å². The first kappa shape index (κ1) is 23.1. The number of hydrogen-bond donors (Lipinski definition) is 4. The lowest BCUT2D eigenvalue weighted by Crippen LogP contribution is -2.22. The molecule has 0 aromatic rings. The maximum atomic E-state index is 10.3. The first-order valence-corrected chi connectivity index (χ1v) is 8.56. The fraction of sp³-hybridized carbons (Fsp3) is 0.450. The van der Waals surface area contributed by atoms with E-state index in [9.17, 15) is 20.1 Å². The van der Waals surface area contributed by atoms with Gasteiger partial charge in [0.1, 0.15) is 0 Å². The van der Waals surface area contributed by atoms with Gasteiger partial charge in [-0.25, -0.2) is 0 Å². The van der Waals surface area contributed by atoms with Gasteiger partial charge in [-0.05, 0) is 25.7 Å². The summed E-state index contributed by atoms with van der Waals surface area (Å²) in [5.74, 6) is -0.857. The second-order valence-electron chi connectivity index (χ2n) is 5.57. The van der Waals surface area contributed by atoms with Crippen LogP contribution in [0.2, 0.25) is 0 Å². The molecule has 25 heavy (non-hydrogen) atoms. The van der Waals surface area contributed by atoms with Crippen LogP contribution >= 0.6 is 0 Å². The summed E-state index contributed by atoms with van der Waals surface area (Å²) in [7, 11) is 0. The molecule has 5 heteroatoms. The lowest BCUT2D eigenvalue weighted by Gasteiger charge is -2.11. The van der Waals surface area contributed by atoms with Crippen LogP contribution in [0.15, 0.2) is 60.8 Å². The van der Waals surface area contributed by atoms with Gasteiger partial charge >= 0.3 is 5.97 Å². The van der Waals surface area contributed by atoms with Crippen molar-refractivity contribution in [2.45, 2.75) is 57.3 Å². The monoisotopic (exact) mass is 350 g/mol. The van der Waals surface area contributed by atoms with E-state index >= 15 is 0 Å². The van der Waals surface area contributed by atoms with Crippen LogP contribution in [0.25, 0.3) is 0 Å². The van der Waals surface area contributed by atoms with E-state index in [1.165, 1.54) is 6.08 Å².